The van der Waals surface area contributed by atoms with Crippen LogP contribution in [0, 0.1) is 6.92 Å². The number of hydrogen-bond donors (Lipinski definition) is 1. The van der Waals surface area contributed by atoms with Gasteiger partial charge >= 0.3 is 0 Å². The van der Waals surface area contributed by atoms with Gasteiger partial charge in [-0.1, -0.05) is 0 Å². The normalized spacial score (nSPS) is 16.1. The molecule has 1 aromatic heterocycles. The lowest BCUT2D eigenvalue weighted by molar-refractivity contribution is 0.293. The zero-order valence-electron chi connectivity index (χ0n) is 7.08. The third-order valence-electron chi connectivity index (χ3n) is 1.97. The fraction of sp³-hybridized carbons (Fsp3) is 0.444. The smallest absolute Gasteiger partial charge is 0.237 e. The highest BCUT2D eigenvalue weighted by Crippen LogP contribution is 2.29. The van der Waals surface area contributed by atoms with E-state index in [-0.39, 0.29) is 0 Å². The van der Waals surface area contributed by atoms with Crippen molar-refractivity contribution in [2.24, 2.45) is 0 Å². The predicted molar refractivity (Wildman–Crippen MR) is 47.0 cm³/mol. The summed E-state index contributed by atoms with van der Waals surface area (Å²) < 4.78 is 5.50. The maximum atomic E-state index is 5.77. The van der Waals surface area contributed by atoms with E-state index in [9.17, 15) is 0 Å². The molecule has 0 spiro atoms. The van der Waals surface area contributed by atoms with E-state index in [2.05, 4.69) is 4.98 Å². The second kappa shape index (κ2) is 2.66. The topological polar surface area (TPSA) is 48.1 Å². The highest BCUT2D eigenvalue weighted by atomic mass is 16.5. The number of ether oxygens (including phenoxy) is 1. The van der Waals surface area contributed by atoms with E-state index in [0.29, 0.717) is 17.7 Å². The molecule has 0 saturated heterocycles. The Balaban J connectivity index is 2.23. The molecule has 0 bridgehead atoms. The summed E-state index contributed by atoms with van der Waals surface area (Å²) in [7, 11) is 0. The van der Waals surface area contributed by atoms with Gasteiger partial charge < -0.3 is 10.5 Å². The minimum absolute atomic E-state index is 0.363. The Labute approximate surface area is 71.6 Å². The first-order chi connectivity index (χ1) is 5.77. The maximum absolute atomic E-state index is 5.77. The quantitative estimate of drug-likeness (QED) is 0.720. The lowest BCUT2D eigenvalue weighted by Crippen LogP contribution is -2.02. The van der Waals surface area contributed by atoms with E-state index in [4.69, 9.17) is 10.5 Å². The second-order valence-corrected chi connectivity index (χ2v) is 3.16. The Hall–Kier alpha value is -1.25. The summed E-state index contributed by atoms with van der Waals surface area (Å²) in [5, 5.41) is 0. The van der Waals surface area contributed by atoms with E-state index < -0.39 is 0 Å². The van der Waals surface area contributed by atoms with Crippen LogP contribution in [0.4, 0.5) is 5.69 Å². The standard InChI is InChI=1S/C9H12N2O/c1-6-4-5-11-9(8(6)10)12-7-2-3-7/h4-5,7H,2-3,10H2,1H3. The van der Waals surface area contributed by atoms with E-state index >= 15 is 0 Å². The monoisotopic (exact) mass is 164 g/mol. The molecule has 0 atom stereocenters. The molecule has 12 heavy (non-hydrogen) atoms. The Morgan fingerprint density at radius 2 is 2.33 bits per heavy atom. The van der Waals surface area contributed by atoms with Crippen LogP contribution in [0.5, 0.6) is 5.88 Å². The third-order valence-corrected chi connectivity index (χ3v) is 1.97. The molecular formula is C9H12N2O. The highest BCUT2D eigenvalue weighted by Gasteiger charge is 2.24. The van der Waals surface area contributed by atoms with Crippen molar-refractivity contribution < 1.29 is 4.74 Å². The van der Waals surface area contributed by atoms with E-state index in [1.54, 1.807) is 6.20 Å². The zero-order chi connectivity index (χ0) is 8.55. The van der Waals surface area contributed by atoms with Crippen molar-refractivity contribution in [1.29, 1.82) is 0 Å². The summed E-state index contributed by atoms with van der Waals surface area (Å²) >= 11 is 0. The number of pyridine rings is 1. The molecule has 0 radical (unpaired) electrons. The van der Waals surface area contributed by atoms with Gasteiger partial charge in [-0.05, 0) is 31.4 Å². The van der Waals surface area contributed by atoms with E-state index in [0.717, 1.165) is 18.4 Å². The molecule has 0 aromatic carbocycles. The van der Waals surface area contributed by atoms with Crippen molar-refractivity contribution in [3.05, 3.63) is 17.8 Å². The van der Waals surface area contributed by atoms with Gasteiger partial charge in [0.25, 0.3) is 0 Å². The number of nitrogen functional groups attached to an aromatic ring is 1. The van der Waals surface area contributed by atoms with Gasteiger partial charge in [0.15, 0.2) is 0 Å². The minimum Gasteiger partial charge on any atom is -0.473 e. The molecule has 0 unspecified atom stereocenters. The molecule has 1 fully saturated rings. The Morgan fingerprint density at radius 3 is 3.00 bits per heavy atom. The van der Waals surface area contributed by atoms with Crippen LogP contribution in [-0.2, 0) is 0 Å². The summed E-state index contributed by atoms with van der Waals surface area (Å²) in [5.41, 5.74) is 7.47. The Bertz CT molecular complexity index is 295. The molecule has 1 saturated carbocycles. The van der Waals surface area contributed by atoms with Crippen LogP contribution in [0.3, 0.4) is 0 Å². The van der Waals surface area contributed by atoms with Crippen LogP contribution < -0.4 is 10.5 Å². The molecule has 0 aliphatic heterocycles. The molecule has 2 N–H and O–H groups in total. The molecule has 3 heteroatoms. The van der Waals surface area contributed by atoms with Crippen LogP contribution in [0.1, 0.15) is 18.4 Å². The van der Waals surface area contributed by atoms with Gasteiger partial charge in [-0.15, -0.1) is 0 Å². The summed E-state index contributed by atoms with van der Waals surface area (Å²) in [5.74, 6) is 0.595. The molecule has 1 aliphatic carbocycles. The van der Waals surface area contributed by atoms with Crippen LogP contribution in [0.25, 0.3) is 0 Å². The van der Waals surface area contributed by atoms with Crippen LogP contribution in [0.2, 0.25) is 0 Å². The summed E-state index contributed by atoms with van der Waals surface area (Å²) in [6.07, 6.45) is 4.36. The van der Waals surface area contributed by atoms with Crippen molar-refractivity contribution in [2.45, 2.75) is 25.9 Å². The molecule has 0 amide bonds. The van der Waals surface area contributed by atoms with Gasteiger partial charge in [0.2, 0.25) is 5.88 Å². The molecular weight excluding hydrogens is 152 g/mol. The number of nitrogens with zero attached hydrogens (tertiary/aromatic N) is 1. The molecule has 1 heterocycles. The number of anilines is 1. The minimum atomic E-state index is 0.363. The first-order valence-corrected chi connectivity index (χ1v) is 4.15. The van der Waals surface area contributed by atoms with Gasteiger partial charge in [-0.3, -0.25) is 0 Å². The number of rotatable bonds is 2. The molecule has 3 nitrogen and oxygen atoms in total. The Morgan fingerprint density at radius 1 is 1.58 bits per heavy atom. The summed E-state index contributed by atoms with van der Waals surface area (Å²) in [6.45, 7) is 1.96. The number of aromatic nitrogens is 1. The second-order valence-electron chi connectivity index (χ2n) is 3.16. The number of aryl methyl sites for hydroxylation is 1. The number of nitrogens with two attached hydrogens (primary N) is 1. The van der Waals surface area contributed by atoms with Gasteiger partial charge in [-0.2, -0.15) is 0 Å². The van der Waals surface area contributed by atoms with Crippen molar-refractivity contribution in [3.8, 4) is 5.88 Å². The van der Waals surface area contributed by atoms with Gasteiger partial charge in [-0.25, -0.2) is 4.98 Å². The van der Waals surface area contributed by atoms with Crippen molar-refractivity contribution in [3.63, 3.8) is 0 Å². The van der Waals surface area contributed by atoms with Crippen LogP contribution in [0.15, 0.2) is 12.3 Å². The first-order valence-electron chi connectivity index (χ1n) is 4.15. The van der Waals surface area contributed by atoms with Crippen LogP contribution >= 0.6 is 0 Å². The molecule has 64 valence electrons. The van der Waals surface area contributed by atoms with Crippen molar-refractivity contribution >= 4 is 5.69 Å². The summed E-state index contributed by atoms with van der Waals surface area (Å²) in [4.78, 5) is 4.07. The van der Waals surface area contributed by atoms with Gasteiger partial charge in [0.1, 0.15) is 6.10 Å². The third kappa shape index (κ3) is 1.35. The zero-order valence-corrected chi connectivity index (χ0v) is 7.08. The van der Waals surface area contributed by atoms with E-state index in [1.165, 1.54) is 0 Å². The largest absolute Gasteiger partial charge is 0.473 e. The summed E-state index contributed by atoms with van der Waals surface area (Å²) in [6, 6.07) is 1.88. The SMILES string of the molecule is Cc1ccnc(OC2CC2)c1N. The lowest BCUT2D eigenvalue weighted by Gasteiger charge is -2.07. The number of hydrogen-bond acceptors (Lipinski definition) is 3. The Kier molecular flexibility index (Phi) is 1.64. The van der Waals surface area contributed by atoms with Crippen LogP contribution in [-0.4, -0.2) is 11.1 Å². The fourth-order valence-corrected chi connectivity index (χ4v) is 0.982. The van der Waals surface area contributed by atoms with E-state index in [1.807, 2.05) is 13.0 Å². The molecule has 1 aliphatic rings. The maximum Gasteiger partial charge on any atom is 0.237 e. The molecule has 2 rings (SSSR count). The van der Waals surface area contributed by atoms with Gasteiger partial charge in [0, 0.05) is 6.20 Å². The van der Waals surface area contributed by atoms with Gasteiger partial charge in [0.05, 0.1) is 5.69 Å². The first kappa shape index (κ1) is 7.40. The van der Waals surface area contributed by atoms with Crippen molar-refractivity contribution in [2.75, 3.05) is 5.73 Å². The average molecular weight is 164 g/mol. The highest BCUT2D eigenvalue weighted by molar-refractivity contribution is 5.53. The van der Waals surface area contributed by atoms with Crippen molar-refractivity contribution in [1.82, 2.24) is 4.98 Å². The fourth-order valence-electron chi connectivity index (χ4n) is 0.982. The average Bonchev–Trinajstić information content (AvgIpc) is 2.83. The lowest BCUT2D eigenvalue weighted by atomic mass is 10.2. The molecule has 1 aromatic rings. The predicted octanol–water partition coefficient (Wildman–Crippen LogP) is 1.51.